The van der Waals surface area contributed by atoms with Gasteiger partial charge in [0.15, 0.2) is 0 Å². The molecule has 0 aromatic carbocycles. The number of carbonyl (C=O) groups excluding carboxylic acids is 1. The van der Waals surface area contributed by atoms with Gasteiger partial charge in [0.05, 0.1) is 0 Å². The topological polar surface area (TPSA) is 54.5 Å². The highest BCUT2D eigenvalue weighted by atomic mass is 32.2. The fourth-order valence-corrected chi connectivity index (χ4v) is 0.100. The molecule has 0 saturated heterocycles. The molecule has 0 bridgehead atoms. The number of thiol groups is 1. The third-order valence-electron chi connectivity index (χ3n) is 0.377. The van der Waals surface area contributed by atoms with Crippen LogP contribution in [0.25, 0.3) is 0 Å². The summed E-state index contributed by atoms with van der Waals surface area (Å²) >= 11 is 0. The maximum atomic E-state index is 9.63. The first-order valence-corrected chi connectivity index (χ1v) is 2.57. The molecule has 4 nitrogen and oxygen atoms in total. The van der Waals surface area contributed by atoms with Crippen molar-refractivity contribution < 1.29 is 13.2 Å². The molecule has 0 aliphatic rings. The van der Waals surface area contributed by atoms with Gasteiger partial charge in [0.25, 0.3) is 0 Å². The Morgan fingerprint density at radius 1 is 1.57 bits per heavy atom. The molecule has 0 atom stereocenters. The lowest BCUT2D eigenvalue weighted by molar-refractivity contribution is 0.507. The van der Waals surface area contributed by atoms with E-state index in [1.54, 1.807) is 0 Å². The number of amides is 1. The van der Waals surface area contributed by atoms with Crippen molar-refractivity contribution in [2.45, 2.75) is 0 Å². The molecule has 1 radical (unpaired) electrons. The number of hydrogen-bond acceptors (Lipinski definition) is 3. The average Bonchev–Trinajstić information content (AvgIpc) is 1.65. The van der Waals surface area contributed by atoms with E-state index in [4.69, 9.17) is 0 Å². The number of nitrogens with zero attached hydrogens (tertiary/aromatic N) is 1. The maximum Gasteiger partial charge on any atom is 0.326 e. The second kappa shape index (κ2) is 2.57. The van der Waals surface area contributed by atoms with Crippen molar-refractivity contribution in [3.8, 4) is 0 Å². The van der Waals surface area contributed by atoms with Gasteiger partial charge in [-0.2, -0.15) is 0 Å². The van der Waals surface area contributed by atoms with Gasteiger partial charge < -0.3 is 0 Å². The van der Waals surface area contributed by atoms with E-state index in [0.717, 1.165) is 13.5 Å². The number of hydrogen-bond donors (Lipinski definition) is 1. The van der Waals surface area contributed by atoms with Gasteiger partial charge in [-0.25, -0.2) is 12.7 Å². The van der Waals surface area contributed by atoms with Crippen LogP contribution in [0.15, 0.2) is 0 Å². The summed E-state index contributed by atoms with van der Waals surface area (Å²) < 4.78 is 19.7. The van der Waals surface area contributed by atoms with Gasteiger partial charge in [0.2, 0.25) is 10.9 Å². The zero-order valence-electron chi connectivity index (χ0n) is 3.62. The summed E-state index contributed by atoms with van der Waals surface area (Å²) in [6, 6.07) is 0. The van der Waals surface area contributed by atoms with Crippen LogP contribution in [0.2, 0.25) is 0 Å². The molecular weight excluding hydrogens is 118 g/mol. The van der Waals surface area contributed by atoms with Crippen LogP contribution in [0.3, 0.4) is 0 Å². The molecule has 0 spiro atoms. The minimum atomic E-state index is -2.75. The average molecular weight is 122 g/mol. The summed E-state index contributed by atoms with van der Waals surface area (Å²) in [5, 5.41) is 0. The van der Waals surface area contributed by atoms with Gasteiger partial charge in [0.1, 0.15) is 0 Å². The van der Waals surface area contributed by atoms with Gasteiger partial charge in [-0.1, -0.05) is 0 Å². The minimum absolute atomic E-state index is 0.440. The Morgan fingerprint density at radius 3 is 2.00 bits per heavy atom. The van der Waals surface area contributed by atoms with Crippen molar-refractivity contribution in [1.82, 2.24) is 4.31 Å². The molecule has 0 aromatic rings. The molecule has 0 rings (SSSR count). The first-order chi connectivity index (χ1) is 3.18. The van der Waals surface area contributed by atoms with Crippen LogP contribution in [0.4, 0.5) is 0 Å². The van der Waals surface area contributed by atoms with Crippen LogP contribution >= 0.6 is 0 Å². The van der Waals surface area contributed by atoms with E-state index in [2.05, 4.69) is 0 Å². The highest BCUT2D eigenvalue weighted by Gasteiger charge is 1.89. The third kappa shape index (κ3) is 2.16. The monoisotopic (exact) mass is 122 g/mol. The molecule has 5 heteroatoms. The maximum absolute atomic E-state index is 9.63. The smallest absolute Gasteiger partial charge is 0.262 e. The molecular formula is C2H4NO3S. The first-order valence-electron chi connectivity index (χ1n) is 1.44. The largest absolute Gasteiger partial charge is 0.326 e. The van der Waals surface area contributed by atoms with Crippen LogP contribution in [0.5, 0.6) is 0 Å². The standard InChI is InChI=1S/C2H4NO3S/c1-3(2-4)7(5)6/h7H,1H3. The third-order valence-corrected chi connectivity index (χ3v) is 0.949. The predicted molar refractivity (Wildman–Crippen MR) is 23.8 cm³/mol. The lowest BCUT2D eigenvalue weighted by Gasteiger charge is -1.91. The summed E-state index contributed by atoms with van der Waals surface area (Å²) in [5.41, 5.74) is 0. The minimum Gasteiger partial charge on any atom is -0.262 e. The summed E-state index contributed by atoms with van der Waals surface area (Å²) in [4.78, 5) is 9.36. The molecule has 41 valence electrons. The fourth-order valence-electron chi connectivity index (χ4n) is 0.0333. The molecule has 0 aromatic heterocycles. The van der Waals surface area contributed by atoms with Gasteiger partial charge in [-0.15, -0.1) is 0 Å². The van der Waals surface area contributed by atoms with Crippen LogP contribution < -0.4 is 0 Å². The Bertz CT molecular complexity index is 121. The van der Waals surface area contributed by atoms with Crippen LogP contribution in [0, 0.1) is 0 Å². The Morgan fingerprint density at radius 2 is 2.00 bits per heavy atom. The van der Waals surface area contributed by atoms with E-state index in [-0.39, 0.29) is 0 Å². The van der Waals surface area contributed by atoms with Crippen molar-refractivity contribution >= 4 is 17.3 Å². The van der Waals surface area contributed by atoms with Gasteiger partial charge in [-0.3, -0.25) is 4.79 Å². The van der Waals surface area contributed by atoms with E-state index in [1.165, 1.54) is 0 Å². The van der Waals surface area contributed by atoms with E-state index in [9.17, 15) is 13.2 Å². The van der Waals surface area contributed by atoms with Crippen LogP contribution in [-0.2, 0) is 15.7 Å². The van der Waals surface area contributed by atoms with Crippen molar-refractivity contribution in [2.75, 3.05) is 7.05 Å². The summed E-state index contributed by atoms with van der Waals surface area (Å²) in [6.45, 7) is 0. The van der Waals surface area contributed by atoms with Crippen molar-refractivity contribution in [1.29, 1.82) is 0 Å². The Kier molecular flexibility index (Phi) is 2.36. The number of rotatable bonds is 2. The molecule has 0 unspecified atom stereocenters. The molecule has 1 amide bonds. The molecule has 0 fully saturated rings. The first kappa shape index (κ1) is 6.42. The lowest BCUT2D eigenvalue weighted by Crippen LogP contribution is -2.11. The Balaban J connectivity index is 3.80. The van der Waals surface area contributed by atoms with Crippen LogP contribution in [0.1, 0.15) is 0 Å². The predicted octanol–water partition coefficient (Wildman–Crippen LogP) is -1.49. The summed E-state index contributed by atoms with van der Waals surface area (Å²) in [5.74, 6) is 0. The van der Waals surface area contributed by atoms with Gasteiger partial charge in [0, 0.05) is 7.05 Å². The molecule has 7 heavy (non-hydrogen) atoms. The molecule has 0 heterocycles. The van der Waals surface area contributed by atoms with Gasteiger partial charge >= 0.3 is 6.41 Å². The quantitative estimate of drug-likeness (QED) is 0.358. The van der Waals surface area contributed by atoms with Crippen LogP contribution in [-0.4, -0.2) is 26.2 Å². The van der Waals surface area contributed by atoms with E-state index in [0.29, 0.717) is 4.31 Å². The zero-order valence-corrected chi connectivity index (χ0v) is 4.51. The Labute approximate surface area is 42.8 Å². The Hall–Kier alpha value is -0.580. The zero-order chi connectivity index (χ0) is 5.86. The fraction of sp³-hybridized carbons (Fsp3) is 0.500. The van der Waals surface area contributed by atoms with Crippen molar-refractivity contribution in [3.63, 3.8) is 0 Å². The van der Waals surface area contributed by atoms with Crippen molar-refractivity contribution in [3.05, 3.63) is 0 Å². The van der Waals surface area contributed by atoms with E-state index in [1.807, 2.05) is 0 Å². The highest BCUT2D eigenvalue weighted by molar-refractivity contribution is 7.70. The second-order valence-corrected chi connectivity index (χ2v) is 1.93. The molecule has 0 N–H and O–H groups in total. The van der Waals surface area contributed by atoms with E-state index < -0.39 is 10.9 Å². The van der Waals surface area contributed by atoms with Gasteiger partial charge in [-0.05, 0) is 0 Å². The highest BCUT2D eigenvalue weighted by Crippen LogP contribution is 1.67. The lowest BCUT2D eigenvalue weighted by atomic mass is 11.2. The molecule has 0 aliphatic heterocycles. The van der Waals surface area contributed by atoms with E-state index >= 15 is 0 Å². The summed E-state index contributed by atoms with van der Waals surface area (Å²) in [7, 11) is -1.64. The molecule has 0 saturated carbocycles. The normalized spacial score (nSPS) is 8.86. The summed E-state index contributed by atoms with van der Waals surface area (Å²) in [6.07, 6.45) is 1.15. The van der Waals surface area contributed by atoms with Crippen molar-refractivity contribution in [2.24, 2.45) is 0 Å². The second-order valence-electron chi connectivity index (χ2n) is 0.853. The SMILES string of the molecule is CN([C]=O)[SH](=O)=O. The molecule has 0 aliphatic carbocycles.